The molecule has 0 bridgehead atoms. The fourth-order valence-corrected chi connectivity index (χ4v) is 5.12. The maximum Gasteiger partial charge on any atom is 0.264 e. The second-order valence-electron chi connectivity index (χ2n) is 7.78. The molecule has 8 heteroatoms. The van der Waals surface area contributed by atoms with E-state index in [2.05, 4.69) is 5.32 Å². The molecule has 3 rings (SSSR count). The molecular formula is C26H30N2O5S. The van der Waals surface area contributed by atoms with Crippen LogP contribution in [0.5, 0.6) is 11.5 Å². The molecule has 0 spiro atoms. The zero-order valence-corrected chi connectivity index (χ0v) is 20.6. The molecule has 34 heavy (non-hydrogen) atoms. The van der Waals surface area contributed by atoms with E-state index in [1.54, 1.807) is 49.6 Å². The second-order valence-corrected chi connectivity index (χ2v) is 9.64. The van der Waals surface area contributed by atoms with Crippen molar-refractivity contribution in [3.05, 3.63) is 83.9 Å². The average molecular weight is 483 g/mol. The molecule has 0 saturated carbocycles. The lowest BCUT2D eigenvalue weighted by molar-refractivity contribution is -0.120. The van der Waals surface area contributed by atoms with Gasteiger partial charge in [-0.25, -0.2) is 8.42 Å². The van der Waals surface area contributed by atoms with Crippen LogP contribution in [0.15, 0.2) is 77.7 Å². The van der Waals surface area contributed by atoms with Crippen molar-refractivity contribution in [3.8, 4) is 11.5 Å². The lowest BCUT2D eigenvalue weighted by atomic mass is 10.0. The van der Waals surface area contributed by atoms with Gasteiger partial charge in [-0.2, -0.15) is 0 Å². The molecule has 3 aromatic rings. The van der Waals surface area contributed by atoms with Crippen LogP contribution in [-0.4, -0.2) is 35.1 Å². The summed E-state index contributed by atoms with van der Waals surface area (Å²) in [6.07, 6.45) is 0.647. The number of carbonyl (C=O) groups excluding carboxylic acids is 1. The van der Waals surface area contributed by atoms with Crippen LogP contribution in [0.2, 0.25) is 0 Å². The van der Waals surface area contributed by atoms with E-state index in [-0.39, 0.29) is 17.5 Å². The summed E-state index contributed by atoms with van der Waals surface area (Å²) in [5.41, 5.74) is 2.29. The van der Waals surface area contributed by atoms with Gasteiger partial charge in [0.1, 0.15) is 18.0 Å². The number of nitrogens with zero attached hydrogens (tertiary/aromatic N) is 1. The van der Waals surface area contributed by atoms with Crippen molar-refractivity contribution >= 4 is 21.6 Å². The van der Waals surface area contributed by atoms with E-state index in [9.17, 15) is 13.2 Å². The fourth-order valence-electron chi connectivity index (χ4n) is 3.69. The molecule has 0 saturated heterocycles. The monoisotopic (exact) mass is 482 g/mol. The summed E-state index contributed by atoms with van der Waals surface area (Å²) < 4.78 is 38.6. The summed E-state index contributed by atoms with van der Waals surface area (Å²) in [7, 11) is -0.871. The lowest BCUT2D eigenvalue weighted by Gasteiger charge is -2.26. The number of rotatable bonds is 10. The predicted octanol–water partition coefficient (Wildman–Crippen LogP) is 4.48. The molecule has 1 amide bonds. The van der Waals surface area contributed by atoms with Crippen molar-refractivity contribution in [3.63, 3.8) is 0 Å². The molecule has 0 aliphatic carbocycles. The molecule has 1 atom stereocenters. The van der Waals surface area contributed by atoms with Crippen LogP contribution < -0.4 is 19.1 Å². The van der Waals surface area contributed by atoms with Crippen LogP contribution in [0, 0.1) is 6.92 Å². The Kier molecular flexibility index (Phi) is 8.17. The van der Waals surface area contributed by atoms with Gasteiger partial charge in [0.05, 0.1) is 30.8 Å². The molecule has 0 radical (unpaired) electrons. The fraction of sp³-hybridized carbons (Fsp3) is 0.269. The third kappa shape index (κ3) is 5.69. The molecule has 180 valence electrons. The van der Waals surface area contributed by atoms with Gasteiger partial charge in [0.25, 0.3) is 10.0 Å². The van der Waals surface area contributed by atoms with Crippen LogP contribution in [0.1, 0.15) is 30.5 Å². The molecular weight excluding hydrogens is 452 g/mol. The highest BCUT2D eigenvalue weighted by Crippen LogP contribution is 2.26. The van der Waals surface area contributed by atoms with E-state index < -0.39 is 15.9 Å². The first kappa shape index (κ1) is 25.1. The number of para-hydroxylation sites is 1. The van der Waals surface area contributed by atoms with Crippen LogP contribution in [0.4, 0.5) is 5.69 Å². The van der Waals surface area contributed by atoms with E-state index in [1.807, 2.05) is 32.0 Å². The average Bonchev–Trinajstić information content (AvgIpc) is 2.86. The van der Waals surface area contributed by atoms with E-state index in [1.165, 1.54) is 19.2 Å². The van der Waals surface area contributed by atoms with Crippen LogP contribution >= 0.6 is 0 Å². The smallest absolute Gasteiger partial charge is 0.264 e. The first-order valence-corrected chi connectivity index (χ1v) is 12.4. The van der Waals surface area contributed by atoms with Gasteiger partial charge in [-0.05, 0) is 66.9 Å². The minimum Gasteiger partial charge on any atom is -0.497 e. The normalized spacial score (nSPS) is 12.0. The number of aryl methyl sites for hydroxylation is 1. The second kappa shape index (κ2) is 11.1. The summed E-state index contributed by atoms with van der Waals surface area (Å²) in [4.78, 5) is 13.2. The topological polar surface area (TPSA) is 84.9 Å². The molecule has 0 aliphatic rings. The molecule has 0 fully saturated rings. The Balaban J connectivity index is 1.87. The maximum absolute atomic E-state index is 13.5. The SMILES string of the molecule is CC[C@@H](NC(=O)CN(c1ccccc1)S(=O)(=O)c1ccc(OC)cc1)c1ccc(OC)c(C)c1. The molecule has 1 N–H and O–H groups in total. The molecule has 0 aliphatic heterocycles. The minimum absolute atomic E-state index is 0.0720. The van der Waals surface area contributed by atoms with E-state index in [4.69, 9.17) is 9.47 Å². The van der Waals surface area contributed by atoms with Gasteiger partial charge in [0.2, 0.25) is 5.91 Å². The molecule has 7 nitrogen and oxygen atoms in total. The van der Waals surface area contributed by atoms with Crippen molar-refractivity contribution in [2.45, 2.75) is 31.2 Å². The van der Waals surface area contributed by atoms with Crippen molar-refractivity contribution in [2.75, 3.05) is 25.1 Å². The van der Waals surface area contributed by atoms with E-state index in [0.29, 0.717) is 17.9 Å². The van der Waals surface area contributed by atoms with Crippen molar-refractivity contribution < 1.29 is 22.7 Å². The highest BCUT2D eigenvalue weighted by atomic mass is 32.2. The highest BCUT2D eigenvalue weighted by Gasteiger charge is 2.28. The number of methoxy groups -OCH3 is 2. The van der Waals surface area contributed by atoms with Gasteiger partial charge in [0.15, 0.2) is 0 Å². The maximum atomic E-state index is 13.5. The summed E-state index contributed by atoms with van der Waals surface area (Å²) in [5.74, 6) is 0.913. The zero-order chi connectivity index (χ0) is 24.7. The molecule has 0 aromatic heterocycles. The number of benzene rings is 3. The zero-order valence-electron chi connectivity index (χ0n) is 19.8. The van der Waals surface area contributed by atoms with Gasteiger partial charge in [0, 0.05) is 0 Å². The van der Waals surface area contributed by atoms with E-state index in [0.717, 1.165) is 21.2 Å². The Hall–Kier alpha value is -3.52. The Labute approximate surface area is 201 Å². The number of ether oxygens (including phenoxy) is 2. The molecule has 3 aromatic carbocycles. The van der Waals surface area contributed by atoms with Crippen molar-refractivity contribution in [2.24, 2.45) is 0 Å². The summed E-state index contributed by atoms with van der Waals surface area (Å²) >= 11 is 0. The number of hydrogen-bond acceptors (Lipinski definition) is 5. The quantitative estimate of drug-likeness (QED) is 0.461. The van der Waals surface area contributed by atoms with Crippen molar-refractivity contribution in [1.82, 2.24) is 5.32 Å². The van der Waals surface area contributed by atoms with Gasteiger partial charge >= 0.3 is 0 Å². The lowest BCUT2D eigenvalue weighted by Crippen LogP contribution is -2.42. The molecule has 0 heterocycles. The number of anilines is 1. The number of carbonyl (C=O) groups is 1. The highest BCUT2D eigenvalue weighted by molar-refractivity contribution is 7.92. The third-order valence-corrected chi connectivity index (χ3v) is 7.33. The van der Waals surface area contributed by atoms with Gasteiger partial charge < -0.3 is 14.8 Å². The summed E-state index contributed by atoms with van der Waals surface area (Å²) in [6, 6.07) is 20.2. The number of sulfonamides is 1. The third-order valence-electron chi connectivity index (χ3n) is 5.54. The first-order chi connectivity index (χ1) is 16.3. The minimum atomic E-state index is -4.00. The number of nitrogens with one attached hydrogen (secondary N) is 1. The van der Waals surface area contributed by atoms with Crippen molar-refractivity contribution in [1.29, 1.82) is 0 Å². The Bertz CT molecular complexity index is 1210. The van der Waals surface area contributed by atoms with Gasteiger partial charge in [-0.3, -0.25) is 9.10 Å². The van der Waals surface area contributed by atoms with Crippen LogP contribution in [0.25, 0.3) is 0 Å². The molecule has 0 unspecified atom stereocenters. The van der Waals surface area contributed by atoms with Crippen LogP contribution in [0.3, 0.4) is 0 Å². The Morgan fingerprint density at radius 2 is 1.65 bits per heavy atom. The van der Waals surface area contributed by atoms with Crippen LogP contribution in [-0.2, 0) is 14.8 Å². The van der Waals surface area contributed by atoms with Gasteiger partial charge in [-0.1, -0.05) is 37.3 Å². The first-order valence-electron chi connectivity index (χ1n) is 11.0. The largest absolute Gasteiger partial charge is 0.497 e. The summed E-state index contributed by atoms with van der Waals surface area (Å²) in [5, 5.41) is 2.98. The predicted molar refractivity (Wildman–Crippen MR) is 133 cm³/mol. The number of hydrogen-bond donors (Lipinski definition) is 1. The Morgan fingerprint density at radius 1 is 0.971 bits per heavy atom. The Morgan fingerprint density at radius 3 is 2.21 bits per heavy atom. The number of amides is 1. The standard InChI is InChI=1S/C26H30N2O5S/c1-5-24(20-11-16-25(33-4)19(2)17-20)27-26(29)18-28(21-9-7-6-8-10-21)34(30,31)23-14-12-22(32-3)13-15-23/h6-17,24H,5,18H2,1-4H3,(H,27,29)/t24-/m1/s1. The summed E-state index contributed by atoms with van der Waals surface area (Å²) in [6.45, 7) is 3.55. The van der Waals surface area contributed by atoms with Gasteiger partial charge in [-0.15, -0.1) is 0 Å². The van der Waals surface area contributed by atoms with E-state index >= 15 is 0 Å².